The first kappa shape index (κ1) is 28.8. The van der Waals surface area contributed by atoms with Crippen molar-refractivity contribution in [2.45, 2.75) is 64.3 Å². The highest BCUT2D eigenvalue weighted by molar-refractivity contribution is 5.91. The molecule has 0 aliphatic carbocycles. The third kappa shape index (κ3) is 8.15. The lowest BCUT2D eigenvalue weighted by Gasteiger charge is -2.19. The van der Waals surface area contributed by atoms with Crippen LogP contribution in [0.25, 0.3) is 22.2 Å². The van der Waals surface area contributed by atoms with Crippen molar-refractivity contribution in [3.63, 3.8) is 0 Å². The van der Waals surface area contributed by atoms with E-state index < -0.39 is 6.04 Å². The van der Waals surface area contributed by atoms with Crippen molar-refractivity contribution in [2.75, 3.05) is 6.54 Å². The summed E-state index contributed by atoms with van der Waals surface area (Å²) < 4.78 is 1.71. The minimum absolute atomic E-state index is 0.157. The molecule has 0 aliphatic heterocycles. The zero-order valence-corrected chi connectivity index (χ0v) is 23.4. The number of para-hydroxylation sites is 1. The summed E-state index contributed by atoms with van der Waals surface area (Å²) in [6, 6.07) is 17.8. The number of carbonyl (C=O) groups excluding carboxylic acids is 3. The highest BCUT2D eigenvalue weighted by Gasteiger charge is 2.21. The third-order valence-electron chi connectivity index (χ3n) is 7.12. The second kappa shape index (κ2) is 14.3. The predicted molar refractivity (Wildman–Crippen MR) is 158 cm³/mol. The highest BCUT2D eigenvalue weighted by atomic mass is 16.2. The molecule has 0 saturated heterocycles. The molecule has 0 spiro atoms. The van der Waals surface area contributed by atoms with Crippen molar-refractivity contribution >= 4 is 28.5 Å². The van der Waals surface area contributed by atoms with E-state index in [1.807, 2.05) is 43.6 Å². The number of Topliss-reactive ketones (excluding diaryl/α,β-unsaturated/α-hetero) is 1. The summed E-state index contributed by atoms with van der Waals surface area (Å²) in [5.41, 5.74) is 5.36. The fourth-order valence-electron chi connectivity index (χ4n) is 5.04. The van der Waals surface area contributed by atoms with Crippen molar-refractivity contribution < 1.29 is 14.4 Å². The van der Waals surface area contributed by atoms with Crippen molar-refractivity contribution in [3.8, 4) is 11.3 Å². The van der Waals surface area contributed by atoms with Crippen LogP contribution in [-0.2, 0) is 34.3 Å². The number of amides is 2. The maximum atomic E-state index is 13.3. The number of ketones is 1. The minimum Gasteiger partial charge on any atom is -0.354 e. The smallest absolute Gasteiger partial charge is 0.242 e. The quantitative estimate of drug-likeness (QED) is 0.186. The van der Waals surface area contributed by atoms with Crippen LogP contribution in [0.1, 0.15) is 56.6 Å². The number of hydrogen-bond donors (Lipinski definition) is 3. The van der Waals surface area contributed by atoms with E-state index in [4.69, 9.17) is 0 Å². The second-order valence-corrected chi connectivity index (χ2v) is 10.4. The fourth-order valence-corrected chi connectivity index (χ4v) is 5.04. The number of aryl methyl sites for hydroxylation is 2. The maximum absolute atomic E-state index is 13.3. The Labute approximate surface area is 235 Å². The Balaban J connectivity index is 1.38. The zero-order valence-electron chi connectivity index (χ0n) is 23.4. The highest BCUT2D eigenvalue weighted by Crippen LogP contribution is 2.30. The molecule has 3 N–H and O–H groups in total. The molecule has 8 nitrogen and oxygen atoms in total. The average molecular weight is 542 g/mol. The second-order valence-electron chi connectivity index (χ2n) is 10.4. The molecule has 0 bridgehead atoms. The van der Waals surface area contributed by atoms with Gasteiger partial charge in [0.05, 0.1) is 6.20 Å². The molecule has 0 saturated carbocycles. The Bertz CT molecular complexity index is 1420. The van der Waals surface area contributed by atoms with E-state index in [0.717, 1.165) is 52.5 Å². The molecule has 0 aliphatic rings. The van der Waals surface area contributed by atoms with E-state index in [-0.39, 0.29) is 24.0 Å². The molecule has 2 aromatic heterocycles. The summed E-state index contributed by atoms with van der Waals surface area (Å²) in [6.07, 6.45) is 8.61. The molecule has 2 amide bonds. The summed E-state index contributed by atoms with van der Waals surface area (Å²) >= 11 is 0. The van der Waals surface area contributed by atoms with Crippen LogP contribution < -0.4 is 10.6 Å². The normalized spacial score (nSPS) is 11.8. The summed E-state index contributed by atoms with van der Waals surface area (Å²) in [5, 5.41) is 11.3. The number of fused-ring (bicyclic) bond motifs is 1. The molecule has 4 rings (SSSR count). The van der Waals surface area contributed by atoms with Crippen molar-refractivity contribution in [2.24, 2.45) is 7.05 Å². The first-order chi connectivity index (χ1) is 19.4. The minimum atomic E-state index is -0.615. The molecule has 0 radical (unpaired) electrons. The topological polar surface area (TPSA) is 109 Å². The van der Waals surface area contributed by atoms with Crippen LogP contribution in [0.15, 0.2) is 67.0 Å². The van der Waals surface area contributed by atoms with E-state index in [1.54, 1.807) is 17.8 Å². The number of hydrogen-bond acceptors (Lipinski definition) is 4. The van der Waals surface area contributed by atoms with Gasteiger partial charge < -0.3 is 20.4 Å². The van der Waals surface area contributed by atoms with E-state index in [0.29, 0.717) is 32.2 Å². The monoisotopic (exact) mass is 541 g/mol. The average Bonchev–Trinajstić information content (AvgIpc) is 3.54. The van der Waals surface area contributed by atoms with E-state index >= 15 is 0 Å². The number of unbranched alkanes of at least 4 members (excludes halogenated alkanes) is 2. The van der Waals surface area contributed by atoms with Crippen LogP contribution in [0.4, 0.5) is 0 Å². The molecule has 0 fully saturated rings. The van der Waals surface area contributed by atoms with Crippen LogP contribution in [0.2, 0.25) is 0 Å². The number of benzene rings is 2. The first-order valence-electron chi connectivity index (χ1n) is 14.1. The standard InChI is InChI=1S/C32H39N5O3/c1-23(38)11-5-3-8-16-29(35-30(39)18-17-24-21-34-37(2)22-24)32(40)33-20-19-27-26-14-9-10-15-28(26)36-31(27)25-12-6-4-7-13-25/h4,6-7,9-10,12-15,21-22,29,36H,3,5,8,11,16-20H2,1-2H3,(H,33,40)(H,35,39)/t29-/m0/s1. The van der Waals surface area contributed by atoms with Crippen molar-refractivity contribution in [3.05, 3.63) is 78.1 Å². The van der Waals surface area contributed by atoms with Gasteiger partial charge in [-0.1, -0.05) is 61.4 Å². The van der Waals surface area contributed by atoms with Gasteiger partial charge in [-0.05, 0) is 55.4 Å². The molecule has 1 atom stereocenters. The number of rotatable bonds is 15. The molecule has 0 unspecified atom stereocenters. The van der Waals surface area contributed by atoms with Crippen LogP contribution >= 0.6 is 0 Å². The lowest BCUT2D eigenvalue weighted by Crippen LogP contribution is -2.47. The number of H-pyrrole nitrogens is 1. The van der Waals surface area contributed by atoms with Gasteiger partial charge in [-0.15, -0.1) is 0 Å². The first-order valence-corrected chi connectivity index (χ1v) is 14.1. The molecule has 2 heterocycles. The van der Waals surface area contributed by atoms with Gasteiger partial charge in [0.1, 0.15) is 11.8 Å². The molecule has 2 aromatic carbocycles. The van der Waals surface area contributed by atoms with Gasteiger partial charge in [0.15, 0.2) is 0 Å². The summed E-state index contributed by atoms with van der Waals surface area (Å²) in [5.74, 6) is -0.164. The molecule has 210 valence electrons. The van der Waals surface area contributed by atoms with Gasteiger partial charge in [0.2, 0.25) is 11.8 Å². The van der Waals surface area contributed by atoms with Gasteiger partial charge >= 0.3 is 0 Å². The van der Waals surface area contributed by atoms with Crippen LogP contribution in [0, 0.1) is 0 Å². The zero-order chi connectivity index (χ0) is 28.3. The van der Waals surface area contributed by atoms with Crippen LogP contribution in [-0.4, -0.2) is 44.9 Å². The predicted octanol–water partition coefficient (Wildman–Crippen LogP) is 4.88. The Kier molecular flexibility index (Phi) is 10.3. The number of nitrogens with one attached hydrogen (secondary N) is 3. The Morgan fingerprint density at radius 2 is 1.73 bits per heavy atom. The van der Waals surface area contributed by atoms with Crippen LogP contribution in [0.3, 0.4) is 0 Å². The summed E-state index contributed by atoms with van der Waals surface area (Å²) in [7, 11) is 1.84. The number of carbonyl (C=O) groups is 3. The molecule has 8 heteroatoms. The van der Waals surface area contributed by atoms with Gasteiger partial charge in [0, 0.05) is 49.2 Å². The van der Waals surface area contributed by atoms with E-state index in [2.05, 4.69) is 45.0 Å². The molecule has 4 aromatic rings. The number of aromatic nitrogens is 3. The number of nitrogens with zero attached hydrogens (tertiary/aromatic N) is 2. The largest absolute Gasteiger partial charge is 0.354 e. The summed E-state index contributed by atoms with van der Waals surface area (Å²) in [4.78, 5) is 40.8. The van der Waals surface area contributed by atoms with Gasteiger partial charge in [0.25, 0.3) is 0 Å². The molecular formula is C32H39N5O3. The van der Waals surface area contributed by atoms with Crippen LogP contribution in [0.5, 0.6) is 0 Å². The Morgan fingerprint density at radius 3 is 2.48 bits per heavy atom. The Morgan fingerprint density at radius 1 is 0.950 bits per heavy atom. The van der Waals surface area contributed by atoms with Crippen molar-refractivity contribution in [1.82, 2.24) is 25.4 Å². The van der Waals surface area contributed by atoms with E-state index in [1.165, 1.54) is 0 Å². The molecule has 40 heavy (non-hydrogen) atoms. The Hall–Kier alpha value is -4.20. The SMILES string of the molecule is CC(=O)CCCCC[C@H](NC(=O)CCc1cnn(C)c1)C(=O)NCCc1c(-c2ccccc2)[nH]c2ccccc12. The van der Waals surface area contributed by atoms with Gasteiger partial charge in [-0.2, -0.15) is 5.10 Å². The number of aromatic amines is 1. The summed E-state index contributed by atoms with van der Waals surface area (Å²) in [6.45, 7) is 2.04. The van der Waals surface area contributed by atoms with Gasteiger partial charge in [-0.3, -0.25) is 14.3 Å². The lowest BCUT2D eigenvalue weighted by atomic mass is 10.0. The lowest BCUT2D eigenvalue weighted by molar-refractivity contribution is -0.129. The van der Waals surface area contributed by atoms with Gasteiger partial charge in [-0.25, -0.2) is 0 Å². The molecular weight excluding hydrogens is 502 g/mol. The fraction of sp³-hybridized carbons (Fsp3) is 0.375. The van der Waals surface area contributed by atoms with Crippen molar-refractivity contribution in [1.29, 1.82) is 0 Å². The van der Waals surface area contributed by atoms with E-state index in [9.17, 15) is 14.4 Å². The third-order valence-corrected chi connectivity index (χ3v) is 7.12. The maximum Gasteiger partial charge on any atom is 0.242 e.